The quantitative estimate of drug-likeness (QED) is 0.765. The lowest BCUT2D eigenvalue weighted by Gasteiger charge is -2.35. The van der Waals surface area contributed by atoms with Crippen LogP contribution in [0.4, 0.5) is 11.4 Å². The number of morpholine rings is 1. The van der Waals surface area contributed by atoms with Crippen molar-refractivity contribution >= 4 is 23.0 Å². The zero-order valence-electron chi connectivity index (χ0n) is 14.9. The molecule has 2 atom stereocenters. The van der Waals surface area contributed by atoms with Crippen LogP contribution in [0.2, 0.25) is 5.02 Å². The molecule has 134 valence electrons. The predicted molar refractivity (Wildman–Crippen MR) is 104 cm³/mol. The maximum atomic E-state index is 6.20. The Bertz CT molecular complexity index is 657. The molecule has 0 bridgehead atoms. The maximum absolute atomic E-state index is 6.20. The summed E-state index contributed by atoms with van der Waals surface area (Å²) in [6.07, 6.45) is 5.37. The van der Waals surface area contributed by atoms with Gasteiger partial charge in [0.2, 0.25) is 0 Å². The Hall–Kier alpha value is -1.62. The van der Waals surface area contributed by atoms with Gasteiger partial charge in [-0.15, -0.1) is 0 Å². The lowest BCUT2D eigenvalue weighted by Crippen LogP contribution is -2.46. The van der Waals surface area contributed by atoms with E-state index in [2.05, 4.69) is 34.7 Å². The normalized spacial score (nSPS) is 21.2. The average Bonchev–Trinajstić information content (AvgIpc) is 2.59. The van der Waals surface area contributed by atoms with Crippen LogP contribution in [0.15, 0.2) is 48.8 Å². The number of halogens is 1. The Morgan fingerprint density at radius 3 is 2.52 bits per heavy atom. The van der Waals surface area contributed by atoms with Crippen molar-refractivity contribution in [1.82, 2.24) is 9.88 Å². The van der Waals surface area contributed by atoms with E-state index in [0.29, 0.717) is 12.2 Å². The Morgan fingerprint density at radius 2 is 1.84 bits per heavy atom. The van der Waals surface area contributed by atoms with Crippen molar-refractivity contribution in [2.24, 2.45) is 0 Å². The number of anilines is 2. The Labute approximate surface area is 155 Å². The van der Waals surface area contributed by atoms with Crippen LogP contribution in [0.25, 0.3) is 0 Å². The van der Waals surface area contributed by atoms with E-state index < -0.39 is 0 Å². The van der Waals surface area contributed by atoms with E-state index in [9.17, 15) is 0 Å². The highest BCUT2D eigenvalue weighted by Crippen LogP contribution is 2.27. The van der Waals surface area contributed by atoms with Gasteiger partial charge >= 0.3 is 0 Å². The zero-order valence-corrected chi connectivity index (χ0v) is 15.7. The third kappa shape index (κ3) is 5.18. The number of aromatic nitrogens is 1. The number of ether oxygens (including phenoxy) is 1. The summed E-state index contributed by atoms with van der Waals surface area (Å²) >= 11 is 6.20. The van der Waals surface area contributed by atoms with Crippen molar-refractivity contribution in [2.75, 3.05) is 31.1 Å². The molecule has 0 aliphatic carbocycles. The van der Waals surface area contributed by atoms with Gasteiger partial charge in [-0.2, -0.15) is 0 Å². The van der Waals surface area contributed by atoms with Crippen molar-refractivity contribution in [3.05, 3.63) is 53.8 Å². The van der Waals surface area contributed by atoms with Crippen molar-refractivity contribution < 1.29 is 4.74 Å². The number of rotatable bonds is 6. The van der Waals surface area contributed by atoms with Gasteiger partial charge in [0.05, 0.1) is 12.2 Å². The van der Waals surface area contributed by atoms with Gasteiger partial charge in [0.15, 0.2) is 0 Å². The Morgan fingerprint density at radius 1 is 1.12 bits per heavy atom. The Kier molecular flexibility index (Phi) is 6.29. The number of hydrogen-bond donors (Lipinski definition) is 0. The molecule has 2 heterocycles. The molecule has 0 saturated carbocycles. The van der Waals surface area contributed by atoms with Crippen molar-refractivity contribution in [1.29, 1.82) is 0 Å². The van der Waals surface area contributed by atoms with Gasteiger partial charge in [0.25, 0.3) is 0 Å². The van der Waals surface area contributed by atoms with Gasteiger partial charge < -0.3 is 9.64 Å². The summed E-state index contributed by atoms with van der Waals surface area (Å²) in [4.78, 5) is 8.94. The fourth-order valence-corrected chi connectivity index (χ4v) is 3.68. The molecule has 1 aromatic carbocycles. The second kappa shape index (κ2) is 8.65. The third-order valence-corrected chi connectivity index (χ3v) is 4.68. The molecule has 2 unspecified atom stereocenters. The smallest absolute Gasteiger partial charge is 0.0678 e. The van der Waals surface area contributed by atoms with E-state index in [-0.39, 0.29) is 0 Å². The number of pyridine rings is 1. The number of benzene rings is 1. The lowest BCUT2D eigenvalue weighted by atomic mass is 10.2. The minimum atomic E-state index is 0.313. The lowest BCUT2D eigenvalue weighted by molar-refractivity contribution is -0.0679. The van der Waals surface area contributed by atoms with Crippen LogP contribution >= 0.6 is 11.6 Å². The fraction of sp³-hybridized carbons (Fsp3) is 0.450. The topological polar surface area (TPSA) is 28.6 Å². The minimum Gasteiger partial charge on any atom is -0.373 e. The van der Waals surface area contributed by atoms with Gasteiger partial charge in [0, 0.05) is 55.0 Å². The average molecular weight is 360 g/mol. The van der Waals surface area contributed by atoms with E-state index in [1.165, 1.54) is 0 Å². The van der Waals surface area contributed by atoms with Crippen LogP contribution in [0.3, 0.4) is 0 Å². The summed E-state index contributed by atoms with van der Waals surface area (Å²) < 4.78 is 5.82. The van der Waals surface area contributed by atoms with Crippen LogP contribution < -0.4 is 4.90 Å². The Balaban J connectivity index is 1.66. The summed E-state index contributed by atoms with van der Waals surface area (Å²) in [6.45, 7) is 8.33. The van der Waals surface area contributed by atoms with Crippen LogP contribution in [0, 0.1) is 0 Å². The van der Waals surface area contributed by atoms with Crippen LogP contribution in [-0.2, 0) is 4.74 Å². The van der Waals surface area contributed by atoms with Gasteiger partial charge in [-0.25, -0.2) is 0 Å². The molecule has 25 heavy (non-hydrogen) atoms. The van der Waals surface area contributed by atoms with Gasteiger partial charge in [-0.3, -0.25) is 9.88 Å². The molecule has 2 aromatic rings. The first-order chi connectivity index (χ1) is 12.1. The molecule has 0 N–H and O–H groups in total. The summed E-state index contributed by atoms with van der Waals surface area (Å²) in [7, 11) is 0. The fourth-order valence-electron chi connectivity index (χ4n) is 3.49. The van der Waals surface area contributed by atoms with E-state index in [1.807, 2.05) is 42.7 Å². The molecule has 0 radical (unpaired) electrons. The van der Waals surface area contributed by atoms with E-state index >= 15 is 0 Å². The molecule has 0 amide bonds. The standard InChI is InChI=1S/C20H26ClN3O/c1-16-14-23(15-17(2)25-16)11-4-12-24(19-7-9-22-10-8-19)20-6-3-5-18(21)13-20/h3,5-10,13,16-17H,4,11-12,14-15H2,1-2H3. The molecule has 5 heteroatoms. The summed E-state index contributed by atoms with van der Waals surface area (Å²) in [5, 5.41) is 0.757. The molecule has 4 nitrogen and oxygen atoms in total. The maximum Gasteiger partial charge on any atom is 0.0678 e. The van der Waals surface area contributed by atoms with Gasteiger partial charge in [-0.05, 0) is 50.6 Å². The largest absolute Gasteiger partial charge is 0.373 e. The zero-order chi connectivity index (χ0) is 17.6. The first-order valence-electron chi connectivity index (χ1n) is 8.93. The second-order valence-electron chi connectivity index (χ2n) is 6.71. The van der Waals surface area contributed by atoms with Gasteiger partial charge in [-0.1, -0.05) is 17.7 Å². The molecule has 3 rings (SSSR count). The van der Waals surface area contributed by atoms with E-state index in [1.54, 1.807) is 0 Å². The second-order valence-corrected chi connectivity index (χ2v) is 7.14. The molecular weight excluding hydrogens is 334 g/mol. The van der Waals surface area contributed by atoms with E-state index in [0.717, 1.165) is 49.0 Å². The molecule has 1 aliphatic rings. The summed E-state index contributed by atoms with van der Waals surface area (Å²) in [5.41, 5.74) is 2.25. The van der Waals surface area contributed by atoms with Crippen LogP contribution in [0.1, 0.15) is 20.3 Å². The first kappa shape index (κ1) is 18.2. The van der Waals surface area contributed by atoms with E-state index in [4.69, 9.17) is 16.3 Å². The first-order valence-corrected chi connectivity index (χ1v) is 9.30. The van der Waals surface area contributed by atoms with Gasteiger partial charge in [0.1, 0.15) is 0 Å². The molecule has 1 aliphatic heterocycles. The predicted octanol–water partition coefficient (Wildman–Crippen LogP) is 4.37. The van der Waals surface area contributed by atoms with Crippen molar-refractivity contribution in [2.45, 2.75) is 32.5 Å². The molecule has 1 fully saturated rings. The monoisotopic (exact) mass is 359 g/mol. The molecule has 1 saturated heterocycles. The summed E-state index contributed by atoms with van der Waals surface area (Å²) in [5.74, 6) is 0. The summed E-state index contributed by atoms with van der Waals surface area (Å²) in [6, 6.07) is 12.1. The van der Waals surface area contributed by atoms with Crippen LogP contribution in [0.5, 0.6) is 0 Å². The highest BCUT2D eigenvalue weighted by molar-refractivity contribution is 6.30. The van der Waals surface area contributed by atoms with Crippen molar-refractivity contribution in [3.63, 3.8) is 0 Å². The number of hydrogen-bond acceptors (Lipinski definition) is 4. The highest BCUT2D eigenvalue weighted by atomic mass is 35.5. The molecule has 1 aromatic heterocycles. The highest BCUT2D eigenvalue weighted by Gasteiger charge is 2.21. The minimum absolute atomic E-state index is 0.313. The van der Waals surface area contributed by atoms with Crippen LogP contribution in [-0.4, -0.2) is 48.3 Å². The number of nitrogens with zero attached hydrogens (tertiary/aromatic N) is 3. The third-order valence-electron chi connectivity index (χ3n) is 4.45. The SMILES string of the molecule is CC1CN(CCCN(c2ccncc2)c2cccc(Cl)c2)CC(C)O1. The molecule has 0 spiro atoms. The van der Waals surface area contributed by atoms with Crippen molar-refractivity contribution in [3.8, 4) is 0 Å². The molecular formula is C20H26ClN3O.